The van der Waals surface area contributed by atoms with Gasteiger partial charge in [-0.05, 0) is 45.0 Å². The van der Waals surface area contributed by atoms with E-state index in [-0.39, 0.29) is 5.69 Å². The minimum Gasteiger partial charge on any atom is -0.325 e. The van der Waals surface area contributed by atoms with Crippen LogP contribution in [-0.4, -0.2) is 24.8 Å². The number of hydrogen-bond acceptors (Lipinski definition) is 3. The first kappa shape index (κ1) is 17.5. The molecule has 1 aromatic rings. The highest BCUT2D eigenvalue weighted by molar-refractivity contribution is 7.93. The second-order valence-electron chi connectivity index (χ2n) is 4.84. The SMILES string of the molecule is CC(C)S(=O)(=O)[C@@H](C)C(=O)Nc1ccc(C(F)(F)F)cc1. The summed E-state index contributed by atoms with van der Waals surface area (Å²) in [4.78, 5) is 11.8. The number of anilines is 1. The molecule has 0 aromatic heterocycles. The summed E-state index contributed by atoms with van der Waals surface area (Å²) in [5.41, 5.74) is -0.734. The van der Waals surface area contributed by atoms with Gasteiger partial charge in [-0.2, -0.15) is 13.2 Å². The average molecular weight is 323 g/mol. The van der Waals surface area contributed by atoms with Crippen molar-refractivity contribution in [2.45, 2.75) is 37.4 Å². The third-order valence-electron chi connectivity index (χ3n) is 3.00. The van der Waals surface area contributed by atoms with Crippen LogP contribution < -0.4 is 5.32 Å². The van der Waals surface area contributed by atoms with Crippen molar-refractivity contribution >= 4 is 21.4 Å². The smallest absolute Gasteiger partial charge is 0.325 e. The first-order valence-corrected chi connectivity index (χ1v) is 7.78. The number of nitrogens with one attached hydrogen (secondary N) is 1. The molecule has 0 heterocycles. The van der Waals surface area contributed by atoms with Crippen molar-refractivity contribution in [1.82, 2.24) is 0 Å². The van der Waals surface area contributed by atoms with E-state index in [1.165, 1.54) is 20.8 Å². The highest BCUT2D eigenvalue weighted by atomic mass is 32.2. The van der Waals surface area contributed by atoms with Crippen molar-refractivity contribution in [3.63, 3.8) is 0 Å². The van der Waals surface area contributed by atoms with Gasteiger partial charge in [0.25, 0.3) is 0 Å². The maximum Gasteiger partial charge on any atom is 0.416 e. The van der Waals surface area contributed by atoms with Gasteiger partial charge in [-0.3, -0.25) is 4.79 Å². The lowest BCUT2D eigenvalue weighted by Gasteiger charge is -2.16. The molecule has 0 saturated heterocycles. The molecule has 0 spiro atoms. The lowest BCUT2D eigenvalue weighted by atomic mass is 10.2. The molecule has 21 heavy (non-hydrogen) atoms. The number of carbonyl (C=O) groups is 1. The van der Waals surface area contributed by atoms with Crippen LogP contribution in [0.4, 0.5) is 18.9 Å². The van der Waals surface area contributed by atoms with E-state index < -0.39 is 38.0 Å². The van der Waals surface area contributed by atoms with Crippen LogP contribution >= 0.6 is 0 Å². The number of halogens is 3. The lowest BCUT2D eigenvalue weighted by molar-refractivity contribution is -0.137. The molecule has 1 aromatic carbocycles. The summed E-state index contributed by atoms with van der Waals surface area (Å²) in [6.07, 6.45) is -4.46. The molecule has 0 bridgehead atoms. The van der Waals surface area contributed by atoms with E-state index >= 15 is 0 Å². The minimum atomic E-state index is -4.46. The molecular weight excluding hydrogens is 307 g/mol. The van der Waals surface area contributed by atoms with Crippen LogP contribution in [0.3, 0.4) is 0 Å². The number of benzene rings is 1. The average Bonchev–Trinajstić information content (AvgIpc) is 2.37. The largest absolute Gasteiger partial charge is 0.416 e. The van der Waals surface area contributed by atoms with Gasteiger partial charge in [0.2, 0.25) is 5.91 Å². The quantitative estimate of drug-likeness (QED) is 0.927. The van der Waals surface area contributed by atoms with E-state index in [1.807, 2.05) is 0 Å². The lowest BCUT2D eigenvalue weighted by Crippen LogP contribution is -2.36. The summed E-state index contributed by atoms with van der Waals surface area (Å²) in [6, 6.07) is 3.79. The predicted octanol–water partition coefficient (Wildman–Crippen LogP) is 2.86. The van der Waals surface area contributed by atoms with Gasteiger partial charge in [0, 0.05) is 5.69 Å². The zero-order valence-electron chi connectivity index (χ0n) is 11.7. The summed E-state index contributed by atoms with van der Waals surface area (Å²) in [7, 11) is -3.62. The molecule has 0 fully saturated rings. The third-order valence-corrected chi connectivity index (χ3v) is 5.51. The Morgan fingerprint density at radius 2 is 1.57 bits per heavy atom. The van der Waals surface area contributed by atoms with Crippen LogP contribution in [0.5, 0.6) is 0 Å². The van der Waals surface area contributed by atoms with E-state index in [0.717, 1.165) is 24.3 Å². The van der Waals surface area contributed by atoms with Gasteiger partial charge in [0.05, 0.1) is 10.8 Å². The van der Waals surface area contributed by atoms with Crippen LogP contribution in [0.1, 0.15) is 26.3 Å². The van der Waals surface area contributed by atoms with Crippen LogP contribution in [0, 0.1) is 0 Å². The number of alkyl halides is 3. The first-order chi connectivity index (χ1) is 9.46. The Bertz CT molecular complexity index is 607. The Balaban J connectivity index is 2.85. The maximum absolute atomic E-state index is 12.4. The Kier molecular flexibility index (Phi) is 5.03. The van der Waals surface area contributed by atoms with Crippen molar-refractivity contribution in [1.29, 1.82) is 0 Å². The maximum atomic E-state index is 12.4. The molecule has 0 unspecified atom stereocenters. The molecule has 1 N–H and O–H groups in total. The van der Waals surface area contributed by atoms with E-state index in [2.05, 4.69) is 5.32 Å². The van der Waals surface area contributed by atoms with E-state index in [4.69, 9.17) is 0 Å². The zero-order valence-corrected chi connectivity index (χ0v) is 12.5. The van der Waals surface area contributed by atoms with Crippen LogP contribution in [0.2, 0.25) is 0 Å². The van der Waals surface area contributed by atoms with Gasteiger partial charge in [-0.25, -0.2) is 8.42 Å². The number of sulfone groups is 1. The third kappa shape index (κ3) is 4.20. The molecule has 4 nitrogen and oxygen atoms in total. The Morgan fingerprint density at radius 1 is 1.10 bits per heavy atom. The van der Waals surface area contributed by atoms with Crippen LogP contribution in [0.25, 0.3) is 0 Å². The van der Waals surface area contributed by atoms with Crippen LogP contribution in [-0.2, 0) is 20.8 Å². The summed E-state index contributed by atoms with van der Waals surface area (Å²) in [6.45, 7) is 4.16. The monoisotopic (exact) mass is 323 g/mol. The number of rotatable bonds is 4. The molecule has 0 aliphatic carbocycles. The summed E-state index contributed by atoms with van der Waals surface area (Å²) in [5.74, 6) is -0.775. The fraction of sp³-hybridized carbons (Fsp3) is 0.462. The zero-order chi connectivity index (χ0) is 16.4. The Labute approximate surface area is 121 Å². The molecule has 1 rings (SSSR count). The standard InChI is InChI=1S/C13H16F3NO3S/c1-8(2)21(19,20)9(3)12(18)17-11-6-4-10(5-7-11)13(14,15)16/h4-9H,1-3H3,(H,17,18)/t9-/m0/s1. The topological polar surface area (TPSA) is 63.2 Å². The molecule has 0 radical (unpaired) electrons. The van der Waals surface area contributed by atoms with Crippen molar-refractivity contribution in [2.75, 3.05) is 5.32 Å². The molecule has 1 atom stereocenters. The number of hydrogen-bond donors (Lipinski definition) is 1. The van der Waals surface area contributed by atoms with Gasteiger partial charge in [0.15, 0.2) is 9.84 Å². The molecule has 8 heteroatoms. The Morgan fingerprint density at radius 3 is 1.95 bits per heavy atom. The molecule has 0 aliphatic heterocycles. The predicted molar refractivity (Wildman–Crippen MR) is 73.6 cm³/mol. The van der Waals surface area contributed by atoms with Crippen molar-refractivity contribution < 1.29 is 26.4 Å². The second-order valence-corrected chi connectivity index (χ2v) is 7.67. The fourth-order valence-corrected chi connectivity index (χ4v) is 2.72. The van der Waals surface area contributed by atoms with Crippen molar-refractivity contribution in [3.8, 4) is 0 Å². The van der Waals surface area contributed by atoms with E-state index in [9.17, 15) is 26.4 Å². The minimum absolute atomic E-state index is 0.110. The van der Waals surface area contributed by atoms with Crippen molar-refractivity contribution in [2.24, 2.45) is 0 Å². The Hall–Kier alpha value is -1.57. The number of amides is 1. The van der Waals surface area contributed by atoms with Crippen molar-refractivity contribution in [3.05, 3.63) is 29.8 Å². The van der Waals surface area contributed by atoms with Gasteiger partial charge in [-0.1, -0.05) is 0 Å². The molecular formula is C13H16F3NO3S. The van der Waals surface area contributed by atoms with Gasteiger partial charge < -0.3 is 5.32 Å². The van der Waals surface area contributed by atoms with E-state index in [0.29, 0.717) is 0 Å². The highest BCUT2D eigenvalue weighted by Crippen LogP contribution is 2.29. The van der Waals surface area contributed by atoms with Gasteiger partial charge >= 0.3 is 6.18 Å². The fourth-order valence-electron chi connectivity index (χ4n) is 1.54. The molecule has 1 amide bonds. The second kappa shape index (κ2) is 6.05. The van der Waals surface area contributed by atoms with Gasteiger partial charge in [0.1, 0.15) is 5.25 Å². The van der Waals surface area contributed by atoms with Gasteiger partial charge in [-0.15, -0.1) is 0 Å². The first-order valence-electron chi connectivity index (χ1n) is 6.17. The summed E-state index contributed by atoms with van der Waals surface area (Å²) >= 11 is 0. The molecule has 0 saturated carbocycles. The normalized spacial score (nSPS) is 14.0. The summed E-state index contributed by atoms with van der Waals surface area (Å²) < 4.78 is 60.8. The summed E-state index contributed by atoms with van der Waals surface area (Å²) in [5, 5.41) is 0.301. The molecule has 118 valence electrons. The van der Waals surface area contributed by atoms with E-state index in [1.54, 1.807) is 0 Å². The van der Waals surface area contributed by atoms with Crippen LogP contribution in [0.15, 0.2) is 24.3 Å². The highest BCUT2D eigenvalue weighted by Gasteiger charge is 2.32. The molecule has 0 aliphatic rings. The number of carbonyl (C=O) groups excluding carboxylic acids is 1.